The summed E-state index contributed by atoms with van der Waals surface area (Å²) in [5, 5.41) is 9.63. The number of nitrogens with zero attached hydrogens (tertiary/aromatic N) is 3. The molecule has 1 aromatic heterocycles. The lowest BCUT2D eigenvalue weighted by Crippen LogP contribution is -2.36. The van der Waals surface area contributed by atoms with Gasteiger partial charge in [0.1, 0.15) is 5.75 Å². The summed E-state index contributed by atoms with van der Waals surface area (Å²) in [4.78, 5) is 39.3. The molecule has 0 aliphatic carbocycles. The van der Waals surface area contributed by atoms with Gasteiger partial charge in [0.2, 0.25) is 0 Å². The van der Waals surface area contributed by atoms with E-state index in [0.717, 1.165) is 14.9 Å². The van der Waals surface area contributed by atoms with Crippen LogP contribution in [-0.2, 0) is 0 Å². The van der Waals surface area contributed by atoms with Crippen LogP contribution in [0.3, 0.4) is 0 Å². The van der Waals surface area contributed by atoms with Gasteiger partial charge in [0.05, 0.1) is 40.7 Å². The number of rotatable bonds is 4. The molecule has 0 unspecified atom stereocenters. The summed E-state index contributed by atoms with van der Waals surface area (Å²) in [5.74, 6) is -0.709. The summed E-state index contributed by atoms with van der Waals surface area (Å²) in [6.07, 6.45) is 1.22. The van der Waals surface area contributed by atoms with Crippen molar-refractivity contribution in [2.75, 3.05) is 7.11 Å². The number of halogens is 2. The lowest BCUT2D eigenvalue weighted by atomic mass is 9.95. The maximum atomic E-state index is 13.1. The van der Waals surface area contributed by atoms with Crippen molar-refractivity contribution in [2.24, 2.45) is 5.10 Å². The van der Waals surface area contributed by atoms with Crippen LogP contribution >= 0.6 is 27.5 Å². The van der Waals surface area contributed by atoms with Gasteiger partial charge in [-0.05, 0) is 42.6 Å². The zero-order chi connectivity index (χ0) is 24.1. The van der Waals surface area contributed by atoms with Crippen molar-refractivity contribution >= 4 is 56.3 Å². The number of aryl methyl sites for hydroxylation is 1. The molecule has 5 rings (SSSR count). The minimum atomic E-state index is -0.562. The highest BCUT2D eigenvalue weighted by Gasteiger charge is 2.33. The van der Waals surface area contributed by atoms with Crippen LogP contribution in [0.4, 0.5) is 0 Å². The van der Waals surface area contributed by atoms with Crippen molar-refractivity contribution in [2.45, 2.75) is 6.92 Å². The molecule has 34 heavy (non-hydrogen) atoms. The Morgan fingerprint density at radius 3 is 2.53 bits per heavy atom. The largest absolute Gasteiger partial charge is 0.495 e. The first-order chi connectivity index (χ1) is 16.3. The van der Waals surface area contributed by atoms with Gasteiger partial charge in [-0.1, -0.05) is 39.7 Å². The smallest absolute Gasteiger partial charge is 0.282 e. The number of carbonyl (C=O) groups is 2. The SMILES string of the molecule is COc1cc(-n2[nH]c(C)c(C=NN3C(=O)c4cccc5c(Br)ccc(c45)C3=O)c2=O)ccc1Cl. The van der Waals surface area contributed by atoms with E-state index in [0.29, 0.717) is 38.7 Å². The molecule has 1 aliphatic heterocycles. The van der Waals surface area contributed by atoms with Crippen LogP contribution in [0.15, 0.2) is 62.9 Å². The van der Waals surface area contributed by atoms with Gasteiger partial charge >= 0.3 is 0 Å². The molecule has 1 N–H and O–H groups in total. The second kappa shape index (κ2) is 8.27. The molecule has 0 radical (unpaired) electrons. The van der Waals surface area contributed by atoms with Crippen molar-refractivity contribution in [1.82, 2.24) is 14.8 Å². The van der Waals surface area contributed by atoms with Crippen molar-refractivity contribution in [3.05, 3.63) is 90.8 Å². The van der Waals surface area contributed by atoms with E-state index in [1.807, 2.05) is 6.07 Å². The molecule has 170 valence electrons. The van der Waals surface area contributed by atoms with E-state index < -0.39 is 17.4 Å². The molecule has 1 aliphatic rings. The number of methoxy groups -OCH3 is 1. The third-order valence-electron chi connectivity index (χ3n) is 5.65. The average molecular weight is 540 g/mol. The van der Waals surface area contributed by atoms with Crippen LogP contribution in [0, 0.1) is 6.92 Å². The highest BCUT2D eigenvalue weighted by Crippen LogP contribution is 2.34. The molecule has 4 aromatic rings. The van der Waals surface area contributed by atoms with Gasteiger partial charge in [-0.2, -0.15) is 10.1 Å². The third kappa shape index (κ3) is 3.36. The van der Waals surface area contributed by atoms with Gasteiger partial charge in [0, 0.05) is 21.6 Å². The van der Waals surface area contributed by atoms with Crippen LogP contribution in [0.5, 0.6) is 5.75 Å². The van der Waals surface area contributed by atoms with Gasteiger partial charge in [0.25, 0.3) is 17.4 Å². The van der Waals surface area contributed by atoms with Crippen molar-refractivity contribution < 1.29 is 14.3 Å². The predicted molar refractivity (Wildman–Crippen MR) is 132 cm³/mol. The molecule has 8 nitrogen and oxygen atoms in total. The van der Waals surface area contributed by atoms with Gasteiger partial charge in [0.15, 0.2) is 0 Å². The minimum absolute atomic E-state index is 0.203. The highest BCUT2D eigenvalue weighted by molar-refractivity contribution is 9.10. The Labute approximate surface area is 206 Å². The minimum Gasteiger partial charge on any atom is -0.495 e. The number of ether oxygens (including phenoxy) is 1. The monoisotopic (exact) mass is 538 g/mol. The Kier molecular flexibility index (Phi) is 5.38. The van der Waals surface area contributed by atoms with Crippen LogP contribution in [-0.4, -0.2) is 39.9 Å². The van der Waals surface area contributed by atoms with E-state index in [1.165, 1.54) is 18.0 Å². The van der Waals surface area contributed by atoms with Crippen LogP contribution < -0.4 is 10.3 Å². The molecule has 0 saturated carbocycles. The van der Waals surface area contributed by atoms with E-state index in [4.69, 9.17) is 16.3 Å². The van der Waals surface area contributed by atoms with Crippen LogP contribution in [0.25, 0.3) is 16.5 Å². The van der Waals surface area contributed by atoms with Gasteiger partial charge in [-0.25, -0.2) is 4.68 Å². The fraction of sp³-hybridized carbons (Fsp3) is 0.0833. The quantitative estimate of drug-likeness (QED) is 0.301. The number of amides is 2. The third-order valence-corrected chi connectivity index (χ3v) is 6.65. The molecule has 0 bridgehead atoms. The van der Waals surface area contributed by atoms with Crippen LogP contribution in [0.1, 0.15) is 32.0 Å². The number of imide groups is 1. The zero-order valence-corrected chi connectivity index (χ0v) is 20.3. The van der Waals surface area contributed by atoms with E-state index >= 15 is 0 Å². The summed E-state index contributed by atoms with van der Waals surface area (Å²) >= 11 is 9.54. The van der Waals surface area contributed by atoms with E-state index in [-0.39, 0.29) is 5.56 Å². The van der Waals surface area contributed by atoms with E-state index in [2.05, 4.69) is 26.1 Å². The molecule has 0 spiro atoms. The zero-order valence-electron chi connectivity index (χ0n) is 17.9. The summed E-state index contributed by atoms with van der Waals surface area (Å²) in [5.41, 5.74) is 1.53. The number of hydrazone groups is 1. The molecular formula is C24H16BrClN4O4. The fourth-order valence-electron chi connectivity index (χ4n) is 3.95. The van der Waals surface area contributed by atoms with E-state index in [1.54, 1.807) is 49.4 Å². The molecule has 10 heteroatoms. The molecular weight excluding hydrogens is 524 g/mol. The first-order valence-electron chi connectivity index (χ1n) is 10.1. The number of benzene rings is 3. The molecule has 2 heterocycles. The normalized spacial score (nSPS) is 13.4. The summed E-state index contributed by atoms with van der Waals surface area (Å²) in [6.45, 7) is 1.69. The summed E-state index contributed by atoms with van der Waals surface area (Å²) < 4.78 is 7.32. The number of aromatic nitrogens is 2. The predicted octanol–water partition coefficient (Wildman–Crippen LogP) is 4.68. The lowest BCUT2D eigenvalue weighted by Gasteiger charge is -2.23. The second-order valence-corrected chi connectivity index (χ2v) is 8.86. The molecule has 2 amide bonds. The number of hydrogen-bond donors (Lipinski definition) is 1. The molecule has 0 fully saturated rings. The number of carbonyl (C=O) groups excluding carboxylic acids is 2. The first-order valence-corrected chi connectivity index (χ1v) is 11.3. The molecule has 0 atom stereocenters. The molecule has 3 aromatic carbocycles. The van der Waals surface area contributed by atoms with Crippen molar-refractivity contribution in [3.63, 3.8) is 0 Å². The Morgan fingerprint density at radius 1 is 1.06 bits per heavy atom. The average Bonchev–Trinajstić information content (AvgIpc) is 3.12. The second-order valence-electron chi connectivity index (χ2n) is 7.60. The molecule has 0 saturated heterocycles. The van der Waals surface area contributed by atoms with E-state index in [9.17, 15) is 14.4 Å². The topological polar surface area (TPSA) is 96.8 Å². The van der Waals surface area contributed by atoms with Crippen molar-refractivity contribution in [3.8, 4) is 11.4 Å². The lowest BCUT2D eigenvalue weighted by molar-refractivity contribution is 0.0616. The fourth-order valence-corrected chi connectivity index (χ4v) is 4.61. The summed E-state index contributed by atoms with van der Waals surface area (Å²) in [6, 6.07) is 13.5. The highest BCUT2D eigenvalue weighted by atomic mass is 79.9. The van der Waals surface area contributed by atoms with Gasteiger partial charge in [-0.15, -0.1) is 0 Å². The Morgan fingerprint density at radius 2 is 1.79 bits per heavy atom. The maximum Gasteiger partial charge on any atom is 0.282 e. The number of H-pyrrole nitrogens is 1. The first kappa shape index (κ1) is 22.1. The van der Waals surface area contributed by atoms with Crippen LogP contribution in [0.2, 0.25) is 5.02 Å². The Bertz CT molecular complexity index is 1580. The summed E-state index contributed by atoms with van der Waals surface area (Å²) in [7, 11) is 1.48. The van der Waals surface area contributed by atoms with Gasteiger partial charge in [-0.3, -0.25) is 19.5 Å². The standard InChI is InChI=1S/C24H16BrClN4O4/c1-12-17(24(33)29(28-12)13-6-9-19(26)20(10-13)34-2)11-27-30-22(31)15-5-3-4-14-18(25)8-7-16(21(14)15)23(30)32/h3-11,28H,1-2H3. The maximum absolute atomic E-state index is 13.1. The van der Waals surface area contributed by atoms with Gasteiger partial charge < -0.3 is 4.74 Å². The van der Waals surface area contributed by atoms with Crippen molar-refractivity contribution in [1.29, 1.82) is 0 Å². The number of aromatic amines is 1. The Hall–Kier alpha value is -3.69. The Balaban J connectivity index is 1.54. The number of nitrogens with one attached hydrogen (secondary N) is 1. The number of hydrogen-bond acceptors (Lipinski definition) is 5.